The molecule has 0 saturated carbocycles. The predicted molar refractivity (Wildman–Crippen MR) is 107 cm³/mol. The van der Waals surface area contributed by atoms with Crippen molar-refractivity contribution in [1.29, 1.82) is 0 Å². The van der Waals surface area contributed by atoms with E-state index in [9.17, 15) is 35.2 Å². The number of hydrogen-bond donors (Lipinski definition) is 0. The van der Waals surface area contributed by atoms with E-state index in [1.165, 1.54) is 30.8 Å². The maximum atomic E-state index is 13.9. The third-order valence-electron chi connectivity index (χ3n) is 4.29. The van der Waals surface area contributed by atoms with Crippen molar-refractivity contribution in [3.8, 4) is 5.75 Å². The Morgan fingerprint density at radius 3 is 2.28 bits per heavy atom. The molecule has 6 nitrogen and oxygen atoms in total. The summed E-state index contributed by atoms with van der Waals surface area (Å²) in [6.07, 6.45) is 0. The lowest BCUT2D eigenvalue weighted by Gasteiger charge is -2.10. The zero-order valence-corrected chi connectivity index (χ0v) is 18.1. The van der Waals surface area contributed by atoms with E-state index in [1.54, 1.807) is 0 Å². The third-order valence-corrected chi connectivity index (χ3v) is 7.77. The van der Waals surface area contributed by atoms with Crippen LogP contribution in [0.4, 0.5) is 22.0 Å². The molecule has 2 aromatic carbocycles. The van der Waals surface area contributed by atoms with Crippen LogP contribution in [0.2, 0.25) is 0 Å². The molecule has 1 aromatic heterocycles. The second-order valence-corrected chi connectivity index (χ2v) is 9.98. The van der Waals surface area contributed by atoms with Crippen molar-refractivity contribution in [3.63, 3.8) is 0 Å². The Morgan fingerprint density at radius 1 is 1.06 bits per heavy atom. The molecule has 1 aliphatic heterocycles. The molecule has 0 radical (unpaired) electrons. The van der Waals surface area contributed by atoms with Gasteiger partial charge in [-0.15, -0.1) is 23.1 Å². The van der Waals surface area contributed by atoms with Gasteiger partial charge in [-0.1, -0.05) is 0 Å². The molecule has 2 heterocycles. The highest BCUT2D eigenvalue weighted by atomic mass is 32.2. The van der Waals surface area contributed by atoms with Gasteiger partial charge in [0.05, 0.1) is 10.2 Å². The van der Waals surface area contributed by atoms with Crippen LogP contribution in [0.15, 0.2) is 28.1 Å². The number of aromatic nitrogens is 1. The SMILES string of the molecule is CC(=O)C1CSC(c2nc3ccc(OS(=O)(=O)c4c(F)c(F)c(F)c(F)c4F)cc3s2)=N1. The number of benzene rings is 2. The van der Waals surface area contributed by atoms with Crippen LogP contribution in [0.1, 0.15) is 11.9 Å². The molecule has 32 heavy (non-hydrogen) atoms. The zero-order chi connectivity index (χ0) is 23.4. The number of fused-ring (bicyclic) bond motifs is 1. The molecule has 0 amide bonds. The quantitative estimate of drug-likeness (QED) is 0.222. The van der Waals surface area contributed by atoms with E-state index in [1.807, 2.05) is 0 Å². The van der Waals surface area contributed by atoms with Crippen LogP contribution in [0, 0.1) is 29.1 Å². The molecular formula is C18H9F5N2O4S3. The van der Waals surface area contributed by atoms with Gasteiger partial charge >= 0.3 is 10.1 Å². The second-order valence-electron chi connectivity index (χ2n) is 6.46. The molecule has 4 rings (SSSR count). The van der Waals surface area contributed by atoms with Crippen LogP contribution in [0.5, 0.6) is 5.75 Å². The molecule has 0 N–H and O–H groups in total. The van der Waals surface area contributed by atoms with Gasteiger partial charge in [0.25, 0.3) is 0 Å². The highest BCUT2D eigenvalue weighted by molar-refractivity contribution is 8.15. The van der Waals surface area contributed by atoms with E-state index in [0.29, 0.717) is 26.0 Å². The van der Waals surface area contributed by atoms with E-state index < -0.39 is 55.9 Å². The molecule has 168 valence electrons. The molecule has 0 aliphatic carbocycles. The van der Waals surface area contributed by atoms with Gasteiger partial charge < -0.3 is 4.18 Å². The normalized spacial score (nSPS) is 16.4. The lowest BCUT2D eigenvalue weighted by molar-refractivity contribution is -0.117. The summed E-state index contributed by atoms with van der Waals surface area (Å²) in [6, 6.07) is 3.16. The van der Waals surface area contributed by atoms with Crippen LogP contribution >= 0.6 is 23.1 Å². The Kier molecular flexibility index (Phi) is 5.71. The van der Waals surface area contributed by atoms with Gasteiger partial charge in [-0.05, 0) is 19.1 Å². The van der Waals surface area contributed by atoms with Crippen molar-refractivity contribution in [2.24, 2.45) is 4.99 Å². The summed E-state index contributed by atoms with van der Waals surface area (Å²) in [6.45, 7) is 1.42. The highest BCUT2D eigenvalue weighted by Gasteiger charge is 2.35. The molecule has 0 spiro atoms. The molecule has 0 fully saturated rings. The Morgan fingerprint density at radius 2 is 1.69 bits per heavy atom. The minimum Gasteiger partial charge on any atom is -0.379 e. The van der Waals surface area contributed by atoms with Crippen molar-refractivity contribution in [2.45, 2.75) is 17.9 Å². The summed E-state index contributed by atoms with van der Waals surface area (Å²) in [4.78, 5) is 18.0. The largest absolute Gasteiger partial charge is 0.379 e. The van der Waals surface area contributed by atoms with Gasteiger partial charge in [-0.3, -0.25) is 9.79 Å². The monoisotopic (exact) mass is 508 g/mol. The van der Waals surface area contributed by atoms with Crippen molar-refractivity contribution in [2.75, 3.05) is 5.75 Å². The first-order valence-corrected chi connectivity index (χ1v) is 11.8. The summed E-state index contributed by atoms with van der Waals surface area (Å²) >= 11 is 2.42. The number of aliphatic imine (C=N–C) groups is 1. The van der Waals surface area contributed by atoms with Gasteiger partial charge in [0.2, 0.25) is 5.82 Å². The van der Waals surface area contributed by atoms with Crippen LogP contribution in [-0.2, 0) is 14.9 Å². The van der Waals surface area contributed by atoms with Crippen LogP contribution in [0.25, 0.3) is 10.2 Å². The van der Waals surface area contributed by atoms with E-state index in [2.05, 4.69) is 14.2 Å². The molecule has 0 bridgehead atoms. The third kappa shape index (κ3) is 3.86. The molecule has 14 heteroatoms. The number of hydrogen-bond acceptors (Lipinski definition) is 8. The first-order valence-electron chi connectivity index (χ1n) is 8.57. The van der Waals surface area contributed by atoms with Gasteiger partial charge in [-0.25, -0.2) is 26.9 Å². The van der Waals surface area contributed by atoms with Gasteiger partial charge in [-0.2, -0.15) is 8.42 Å². The maximum absolute atomic E-state index is 13.9. The fraction of sp³-hybridized carbons (Fsp3) is 0.167. The number of Topliss-reactive ketones (excluding diaryl/α,β-unsaturated/α-hetero) is 1. The lowest BCUT2D eigenvalue weighted by atomic mass is 10.2. The number of thiazole rings is 1. The Labute approximate surface area is 185 Å². The summed E-state index contributed by atoms with van der Waals surface area (Å²) in [7, 11) is -5.41. The van der Waals surface area contributed by atoms with Crippen LogP contribution in [0.3, 0.4) is 0 Å². The number of carbonyl (C=O) groups excluding carboxylic acids is 1. The van der Waals surface area contributed by atoms with Crippen molar-refractivity contribution in [3.05, 3.63) is 52.3 Å². The number of rotatable bonds is 5. The first-order chi connectivity index (χ1) is 15.0. The summed E-state index contributed by atoms with van der Waals surface area (Å²) in [5.41, 5.74) is 0.417. The topological polar surface area (TPSA) is 85.7 Å². The molecular weight excluding hydrogens is 499 g/mol. The van der Waals surface area contributed by atoms with Crippen LogP contribution in [-0.4, -0.2) is 36.0 Å². The molecule has 3 aromatic rings. The van der Waals surface area contributed by atoms with Crippen molar-refractivity contribution in [1.82, 2.24) is 4.98 Å². The second kappa shape index (κ2) is 8.08. The first kappa shape index (κ1) is 22.6. The van der Waals surface area contributed by atoms with Gasteiger partial charge in [0.15, 0.2) is 33.9 Å². The standard InChI is InChI=1S/C18H9F5N2O4S3/c1-6(26)9-5-30-17(25-9)18-24-8-3-2-7(4-10(8)31-18)29-32(27,28)16-14(22)12(20)11(19)13(21)15(16)23/h2-4,9H,5H2,1H3. The van der Waals surface area contributed by atoms with Crippen molar-refractivity contribution < 1.29 is 39.3 Å². The smallest absolute Gasteiger partial charge is 0.345 e. The van der Waals surface area contributed by atoms with E-state index in [-0.39, 0.29) is 5.78 Å². The number of thioether (sulfide) groups is 1. The van der Waals surface area contributed by atoms with E-state index >= 15 is 0 Å². The zero-order valence-electron chi connectivity index (χ0n) is 15.7. The summed E-state index contributed by atoms with van der Waals surface area (Å²) < 4.78 is 97.3. The predicted octanol–water partition coefficient (Wildman–Crippen LogP) is 4.21. The Balaban J connectivity index is 1.69. The number of carbonyl (C=O) groups is 1. The minimum absolute atomic E-state index is 0.0948. The van der Waals surface area contributed by atoms with Crippen molar-refractivity contribution >= 4 is 54.3 Å². The van der Waals surface area contributed by atoms with Crippen LogP contribution < -0.4 is 4.18 Å². The van der Waals surface area contributed by atoms with Gasteiger partial charge in [0, 0.05) is 11.8 Å². The average Bonchev–Trinajstić information content (AvgIpc) is 3.37. The molecule has 1 aliphatic rings. The van der Waals surface area contributed by atoms with Gasteiger partial charge in [0.1, 0.15) is 21.8 Å². The fourth-order valence-corrected chi connectivity index (χ4v) is 5.96. The summed E-state index contributed by atoms with van der Waals surface area (Å²) in [5, 5.41) is 0.997. The highest BCUT2D eigenvalue weighted by Crippen LogP contribution is 2.34. The molecule has 0 saturated heterocycles. The maximum Gasteiger partial charge on any atom is 0.345 e. The number of nitrogens with zero attached hydrogens (tertiary/aromatic N) is 2. The fourth-order valence-electron chi connectivity index (χ4n) is 2.72. The number of halogens is 5. The lowest BCUT2D eigenvalue weighted by Crippen LogP contribution is -2.17. The minimum atomic E-state index is -5.41. The molecule has 1 atom stereocenters. The summed E-state index contributed by atoms with van der Waals surface area (Å²) in [5.74, 6) is -12.4. The average molecular weight is 508 g/mol. The molecule has 1 unspecified atom stereocenters. The number of ketones is 1. The Hall–Kier alpha value is -2.58. The Bertz CT molecular complexity index is 1390. The van der Waals surface area contributed by atoms with E-state index in [0.717, 1.165) is 17.4 Å². The van der Waals surface area contributed by atoms with E-state index in [4.69, 9.17) is 0 Å².